The molecule has 0 aliphatic carbocycles. The second-order valence-corrected chi connectivity index (χ2v) is 5.62. The van der Waals surface area contributed by atoms with Crippen LogP contribution in [0.25, 0.3) is 21.9 Å². The van der Waals surface area contributed by atoms with Gasteiger partial charge in [0.25, 0.3) is 0 Å². The number of hydrogen-bond donors (Lipinski definition) is 0. The van der Waals surface area contributed by atoms with Crippen molar-refractivity contribution in [2.45, 2.75) is 19.7 Å². The Balaban J connectivity index is 2.07. The molecule has 126 valence electrons. The van der Waals surface area contributed by atoms with Crippen molar-refractivity contribution in [2.24, 2.45) is 0 Å². The Hall–Kier alpha value is -2.93. The van der Waals surface area contributed by atoms with Gasteiger partial charge in [-0.1, -0.05) is 55.3 Å². The fourth-order valence-corrected chi connectivity index (χ4v) is 2.78. The molecule has 3 aromatic rings. The van der Waals surface area contributed by atoms with Crippen molar-refractivity contribution < 1.29 is 17.9 Å². The van der Waals surface area contributed by atoms with Crippen molar-refractivity contribution in [1.82, 2.24) is 0 Å². The molecule has 0 aromatic heterocycles. The quantitative estimate of drug-likeness (QED) is 0.535. The summed E-state index contributed by atoms with van der Waals surface area (Å²) in [5, 5.41) is 1.32. The van der Waals surface area contributed by atoms with E-state index in [1.54, 1.807) is 12.1 Å². The number of aryl methyl sites for hydroxylation is 1. The highest BCUT2D eigenvalue weighted by atomic mass is 19.4. The monoisotopic (exact) mass is 340 g/mol. The van der Waals surface area contributed by atoms with E-state index < -0.39 is 6.36 Å². The fourth-order valence-electron chi connectivity index (χ4n) is 2.78. The van der Waals surface area contributed by atoms with Gasteiger partial charge in [0.1, 0.15) is 5.75 Å². The number of hydrogen-bond acceptors (Lipinski definition) is 1. The van der Waals surface area contributed by atoms with Crippen LogP contribution in [0.15, 0.2) is 54.6 Å². The van der Waals surface area contributed by atoms with Crippen molar-refractivity contribution in [3.63, 3.8) is 0 Å². The van der Waals surface area contributed by atoms with Gasteiger partial charge in [-0.05, 0) is 40.6 Å². The highest BCUT2D eigenvalue weighted by Crippen LogP contribution is 2.33. The van der Waals surface area contributed by atoms with Crippen molar-refractivity contribution >= 4 is 10.8 Å². The molecule has 1 nitrogen and oxygen atoms in total. The summed E-state index contributed by atoms with van der Waals surface area (Å²) in [6.07, 6.45) is 1.61. The van der Waals surface area contributed by atoms with Crippen LogP contribution in [0.3, 0.4) is 0 Å². The van der Waals surface area contributed by atoms with Crippen molar-refractivity contribution in [1.29, 1.82) is 0 Å². The molecule has 0 heterocycles. The van der Waals surface area contributed by atoms with Crippen molar-refractivity contribution in [2.75, 3.05) is 0 Å². The second kappa shape index (κ2) is 6.52. The molecule has 0 unspecified atom stereocenters. The first-order chi connectivity index (χ1) is 11.9. The van der Waals surface area contributed by atoms with E-state index >= 15 is 0 Å². The smallest absolute Gasteiger partial charge is 0.404 e. The first-order valence-corrected chi connectivity index (χ1v) is 7.79. The Morgan fingerprint density at radius 3 is 2.24 bits per heavy atom. The molecule has 0 spiro atoms. The summed E-state index contributed by atoms with van der Waals surface area (Å²) in [4.78, 5) is 0. The van der Waals surface area contributed by atoms with Crippen LogP contribution in [-0.4, -0.2) is 6.36 Å². The predicted octanol–water partition coefficient (Wildman–Crippen LogP) is 5.95. The molecular weight excluding hydrogens is 325 g/mol. The van der Waals surface area contributed by atoms with E-state index in [0.29, 0.717) is 5.39 Å². The van der Waals surface area contributed by atoms with Gasteiger partial charge < -0.3 is 4.74 Å². The number of benzene rings is 3. The Labute approximate surface area is 144 Å². The third-order valence-electron chi connectivity index (χ3n) is 4.05. The number of ether oxygens (including phenoxy) is 1. The SMILES string of the molecule is C#Cc1c(OC(F)(F)F)ccc2cc(-c3ccc(CC)cc3)ccc12. The highest BCUT2D eigenvalue weighted by Gasteiger charge is 2.32. The molecule has 0 amide bonds. The lowest BCUT2D eigenvalue weighted by molar-refractivity contribution is -0.274. The number of alkyl halides is 3. The Bertz CT molecular complexity index is 948. The van der Waals surface area contributed by atoms with Crippen LogP contribution < -0.4 is 4.74 Å². The summed E-state index contributed by atoms with van der Waals surface area (Å²) in [6.45, 7) is 2.09. The van der Waals surface area contributed by atoms with E-state index in [0.717, 1.165) is 22.9 Å². The zero-order chi connectivity index (χ0) is 18.0. The molecule has 0 saturated carbocycles. The number of halogens is 3. The molecule has 0 aliphatic heterocycles. The molecule has 0 bridgehead atoms. The first-order valence-electron chi connectivity index (χ1n) is 7.79. The molecule has 25 heavy (non-hydrogen) atoms. The zero-order valence-corrected chi connectivity index (χ0v) is 13.5. The second-order valence-electron chi connectivity index (χ2n) is 5.62. The van der Waals surface area contributed by atoms with E-state index in [4.69, 9.17) is 6.42 Å². The van der Waals surface area contributed by atoms with Crippen LogP contribution in [0.2, 0.25) is 0 Å². The Morgan fingerprint density at radius 2 is 1.64 bits per heavy atom. The summed E-state index contributed by atoms with van der Waals surface area (Å²) in [5.41, 5.74) is 3.36. The molecule has 0 radical (unpaired) electrons. The third-order valence-corrected chi connectivity index (χ3v) is 4.05. The van der Waals surface area contributed by atoms with Crippen molar-refractivity contribution in [3.05, 3.63) is 65.7 Å². The summed E-state index contributed by atoms with van der Waals surface area (Å²) in [6, 6.07) is 16.5. The van der Waals surface area contributed by atoms with Gasteiger partial charge in [-0.2, -0.15) is 0 Å². The highest BCUT2D eigenvalue weighted by molar-refractivity contribution is 5.93. The molecule has 4 heteroatoms. The molecule has 0 fully saturated rings. The molecule has 0 atom stereocenters. The lowest BCUT2D eigenvalue weighted by atomic mass is 9.97. The Kier molecular flexibility index (Phi) is 4.41. The largest absolute Gasteiger partial charge is 0.573 e. The molecule has 3 aromatic carbocycles. The van der Waals surface area contributed by atoms with Crippen LogP contribution >= 0.6 is 0 Å². The van der Waals surface area contributed by atoms with E-state index in [-0.39, 0.29) is 11.3 Å². The van der Waals surface area contributed by atoms with E-state index in [9.17, 15) is 13.2 Å². The molecule has 0 aliphatic rings. The fraction of sp³-hybridized carbons (Fsp3) is 0.143. The van der Waals surface area contributed by atoms with Gasteiger partial charge in [-0.15, -0.1) is 19.6 Å². The first kappa shape index (κ1) is 16.9. The standard InChI is InChI=1S/C21H15F3O/c1-3-14-5-7-15(8-6-14)16-9-11-19-17(13-16)10-12-20(18(19)4-2)25-21(22,23)24/h2,5-13H,3H2,1H3. The average Bonchev–Trinajstić information content (AvgIpc) is 2.60. The zero-order valence-electron chi connectivity index (χ0n) is 13.5. The number of terminal acetylenes is 1. The topological polar surface area (TPSA) is 9.23 Å². The van der Waals surface area contributed by atoms with Gasteiger partial charge in [0.2, 0.25) is 0 Å². The summed E-state index contributed by atoms with van der Waals surface area (Å²) >= 11 is 0. The maximum absolute atomic E-state index is 12.5. The third kappa shape index (κ3) is 3.61. The van der Waals surface area contributed by atoms with Crippen molar-refractivity contribution in [3.8, 4) is 29.2 Å². The molecular formula is C21H15F3O. The minimum atomic E-state index is -4.78. The minimum Gasteiger partial charge on any atom is -0.404 e. The minimum absolute atomic E-state index is 0.0997. The van der Waals surface area contributed by atoms with E-state index in [2.05, 4.69) is 29.7 Å². The van der Waals surface area contributed by atoms with Crippen LogP contribution in [0, 0.1) is 12.3 Å². The Morgan fingerprint density at radius 1 is 0.960 bits per heavy atom. The number of rotatable bonds is 3. The summed E-state index contributed by atoms with van der Waals surface area (Å²) in [5.74, 6) is 1.95. The van der Waals surface area contributed by atoms with Crippen LogP contribution in [-0.2, 0) is 6.42 Å². The lowest BCUT2D eigenvalue weighted by Crippen LogP contribution is -2.17. The maximum atomic E-state index is 12.5. The van der Waals surface area contributed by atoms with E-state index in [1.807, 2.05) is 24.3 Å². The summed E-state index contributed by atoms with van der Waals surface area (Å²) in [7, 11) is 0. The molecule has 3 rings (SSSR count). The average molecular weight is 340 g/mol. The van der Waals surface area contributed by atoms with Gasteiger partial charge in [0, 0.05) is 5.39 Å². The van der Waals surface area contributed by atoms with Gasteiger partial charge >= 0.3 is 6.36 Å². The molecule has 0 N–H and O–H groups in total. The number of fused-ring (bicyclic) bond motifs is 1. The normalized spacial score (nSPS) is 11.3. The van der Waals surface area contributed by atoms with Gasteiger partial charge in [0.05, 0.1) is 5.56 Å². The summed E-state index contributed by atoms with van der Waals surface area (Å²) < 4.78 is 41.6. The van der Waals surface area contributed by atoms with Crippen LogP contribution in [0.5, 0.6) is 5.75 Å². The lowest BCUT2D eigenvalue weighted by Gasteiger charge is -2.13. The van der Waals surface area contributed by atoms with Gasteiger partial charge in [-0.3, -0.25) is 0 Å². The maximum Gasteiger partial charge on any atom is 0.573 e. The van der Waals surface area contributed by atoms with Crippen LogP contribution in [0.4, 0.5) is 13.2 Å². The van der Waals surface area contributed by atoms with Crippen LogP contribution in [0.1, 0.15) is 18.1 Å². The molecule has 0 saturated heterocycles. The predicted molar refractivity (Wildman–Crippen MR) is 93.4 cm³/mol. The van der Waals surface area contributed by atoms with Gasteiger partial charge in [-0.25, -0.2) is 0 Å². The van der Waals surface area contributed by atoms with E-state index in [1.165, 1.54) is 11.6 Å². The van der Waals surface area contributed by atoms with Gasteiger partial charge in [0.15, 0.2) is 0 Å².